The number of anilines is 1. The molecule has 158 valence electrons. The van der Waals surface area contributed by atoms with Gasteiger partial charge in [-0.3, -0.25) is 4.99 Å². The number of guanidine groups is 1. The van der Waals surface area contributed by atoms with Gasteiger partial charge in [0, 0.05) is 57.7 Å². The van der Waals surface area contributed by atoms with Crippen molar-refractivity contribution >= 4 is 35.9 Å². The zero-order valence-electron chi connectivity index (χ0n) is 17.8. The van der Waals surface area contributed by atoms with Gasteiger partial charge >= 0.3 is 0 Å². The Morgan fingerprint density at radius 3 is 2.50 bits per heavy atom. The van der Waals surface area contributed by atoms with E-state index < -0.39 is 0 Å². The van der Waals surface area contributed by atoms with E-state index in [4.69, 9.17) is 0 Å². The van der Waals surface area contributed by atoms with Crippen LogP contribution in [0.1, 0.15) is 32.6 Å². The maximum absolute atomic E-state index is 4.57. The van der Waals surface area contributed by atoms with Gasteiger partial charge in [-0.15, -0.1) is 24.0 Å². The van der Waals surface area contributed by atoms with Crippen molar-refractivity contribution in [1.82, 2.24) is 25.1 Å². The van der Waals surface area contributed by atoms with Crippen molar-refractivity contribution in [2.24, 2.45) is 10.9 Å². The van der Waals surface area contributed by atoms with Gasteiger partial charge in [0.15, 0.2) is 5.96 Å². The molecule has 0 aromatic carbocycles. The quantitative estimate of drug-likeness (QED) is 0.388. The molecular formula is C20H36IN7. The van der Waals surface area contributed by atoms with Crippen molar-refractivity contribution < 1.29 is 0 Å². The zero-order valence-corrected chi connectivity index (χ0v) is 20.1. The number of hydrogen-bond acceptors (Lipinski definition) is 5. The molecule has 1 aliphatic heterocycles. The zero-order chi connectivity index (χ0) is 19.3. The molecule has 2 heterocycles. The van der Waals surface area contributed by atoms with E-state index in [1.807, 2.05) is 13.1 Å². The third-order valence-electron chi connectivity index (χ3n) is 6.22. The minimum atomic E-state index is 0. The van der Waals surface area contributed by atoms with Gasteiger partial charge in [0.2, 0.25) is 5.95 Å². The Bertz CT molecular complexity index is 616. The van der Waals surface area contributed by atoms with Crippen LogP contribution in [-0.4, -0.2) is 85.1 Å². The highest BCUT2D eigenvalue weighted by Gasteiger charge is 2.37. The Labute approximate surface area is 187 Å². The summed E-state index contributed by atoms with van der Waals surface area (Å²) in [5, 5.41) is 3.69. The van der Waals surface area contributed by atoms with Gasteiger partial charge in [-0.05, 0) is 38.9 Å². The molecule has 1 saturated heterocycles. The van der Waals surface area contributed by atoms with Crippen LogP contribution in [0.5, 0.6) is 0 Å². The summed E-state index contributed by atoms with van der Waals surface area (Å²) >= 11 is 0. The first-order valence-electron chi connectivity index (χ1n) is 10.2. The van der Waals surface area contributed by atoms with Gasteiger partial charge in [-0.2, -0.15) is 0 Å². The topological polar surface area (TPSA) is 59.9 Å². The summed E-state index contributed by atoms with van der Waals surface area (Å²) in [4.78, 5) is 20.3. The number of aromatic nitrogens is 2. The van der Waals surface area contributed by atoms with Crippen molar-refractivity contribution in [2.45, 2.75) is 38.1 Å². The lowest BCUT2D eigenvalue weighted by Crippen LogP contribution is -2.59. The minimum absolute atomic E-state index is 0. The van der Waals surface area contributed by atoms with Crippen molar-refractivity contribution in [3.8, 4) is 0 Å². The first kappa shape index (κ1) is 23.1. The number of rotatable bonds is 4. The van der Waals surface area contributed by atoms with Crippen LogP contribution in [0.2, 0.25) is 0 Å². The number of hydrogen-bond donors (Lipinski definition) is 1. The van der Waals surface area contributed by atoms with Gasteiger partial charge in [0.1, 0.15) is 0 Å². The van der Waals surface area contributed by atoms with E-state index in [1.54, 1.807) is 12.4 Å². The number of halogens is 1. The van der Waals surface area contributed by atoms with Crippen molar-refractivity contribution in [1.29, 1.82) is 0 Å². The molecule has 2 unspecified atom stereocenters. The summed E-state index contributed by atoms with van der Waals surface area (Å²) in [7, 11) is 6.34. The van der Waals surface area contributed by atoms with E-state index in [0.29, 0.717) is 0 Å². The van der Waals surface area contributed by atoms with E-state index in [-0.39, 0.29) is 29.5 Å². The smallest absolute Gasteiger partial charge is 0.225 e. The molecular weight excluding hydrogens is 465 g/mol. The highest BCUT2D eigenvalue weighted by atomic mass is 127. The largest absolute Gasteiger partial charge is 0.354 e. The summed E-state index contributed by atoms with van der Waals surface area (Å²) in [5.74, 6) is 2.63. The molecule has 2 aliphatic rings. The predicted octanol–water partition coefficient (Wildman–Crippen LogP) is 2.30. The van der Waals surface area contributed by atoms with Crippen LogP contribution in [0.15, 0.2) is 23.5 Å². The number of aliphatic imine (C=N–C) groups is 1. The van der Waals surface area contributed by atoms with Gasteiger partial charge in [0.25, 0.3) is 0 Å². The van der Waals surface area contributed by atoms with Gasteiger partial charge in [0.05, 0.1) is 0 Å². The van der Waals surface area contributed by atoms with Crippen LogP contribution in [0.3, 0.4) is 0 Å². The van der Waals surface area contributed by atoms with Gasteiger partial charge in [-0.1, -0.05) is 19.8 Å². The summed E-state index contributed by atoms with van der Waals surface area (Å²) in [6.45, 7) is 7.05. The number of nitrogens with one attached hydrogen (secondary N) is 1. The van der Waals surface area contributed by atoms with Crippen LogP contribution < -0.4 is 10.2 Å². The molecule has 0 amide bonds. The molecule has 1 aromatic heterocycles. The lowest BCUT2D eigenvalue weighted by molar-refractivity contribution is 0.0788. The van der Waals surface area contributed by atoms with Crippen LogP contribution in [-0.2, 0) is 0 Å². The highest BCUT2D eigenvalue weighted by molar-refractivity contribution is 14.0. The van der Waals surface area contributed by atoms with E-state index in [9.17, 15) is 0 Å². The molecule has 7 nitrogen and oxygen atoms in total. The summed E-state index contributed by atoms with van der Waals surface area (Å²) in [6.07, 6.45) is 8.79. The SMILES string of the molecule is CN=C(NCC1(N(C)C)CCCC(C)C1)N1CCN(c2ncccn2)CC1.I. The number of nitrogens with zero attached hydrogens (tertiary/aromatic N) is 6. The van der Waals surface area contributed by atoms with Crippen molar-refractivity contribution in [3.05, 3.63) is 18.5 Å². The fourth-order valence-corrected chi connectivity index (χ4v) is 4.51. The molecule has 1 aliphatic carbocycles. The normalized spacial score (nSPS) is 26.2. The first-order valence-corrected chi connectivity index (χ1v) is 10.2. The Morgan fingerprint density at radius 1 is 1.25 bits per heavy atom. The molecule has 2 fully saturated rings. The van der Waals surface area contributed by atoms with Crippen molar-refractivity contribution in [2.75, 3.05) is 58.8 Å². The summed E-state index contributed by atoms with van der Waals surface area (Å²) in [5.41, 5.74) is 0.229. The Hall–Kier alpha value is -1.16. The third-order valence-corrected chi connectivity index (χ3v) is 6.22. The monoisotopic (exact) mass is 501 g/mol. The molecule has 0 bridgehead atoms. The van der Waals surface area contributed by atoms with Crippen LogP contribution in [0, 0.1) is 5.92 Å². The average Bonchev–Trinajstić information content (AvgIpc) is 2.69. The molecule has 8 heteroatoms. The molecule has 28 heavy (non-hydrogen) atoms. The van der Waals surface area contributed by atoms with E-state index in [0.717, 1.165) is 50.5 Å². The molecule has 1 saturated carbocycles. The Morgan fingerprint density at radius 2 is 1.93 bits per heavy atom. The number of piperazine rings is 1. The number of likely N-dealkylation sites (N-methyl/N-ethyl adjacent to an activating group) is 1. The molecule has 1 aromatic rings. The molecule has 1 N–H and O–H groups in total. The van der Waals surface area contributed by atoms with Gasteiger partial charge in [-0.25, -0.2) is 9.97 Å². The lowest BCUT2D eigenvalue weighted by Gasteiger charge is -2.46. The Balaban J connectivity index is 0.00000280. The summed E-state index contributed by atoms with van der Waals surface area (Å²) < 4.78 is 0. The van der Waals surface area contributed by atoms with Gasteiger partial charge < -0.3 is 20.0 Å². The minimum Gasteiger partial charge on any atom is -0.354 e. The second kappa shape index (κ2) is 10.6. The highest BCUT2D eigenvalue weighted by Crippen LogP contribution is 2.35. The maximum Gasteiger partial charge on any atom is 0.225 e. The second-order valence-corrected chi connectivity index (χ2v) is 8.24. The standard InChI is InChI=1S/C20H35N7.HI/c1-17-7-5-8-20(15-17,25(3)4)16-24-18(21-2)26-11-13-27(14-12-26)19-22-9-6-10-23-19;/h6,9-10,17H,5,7-8,11-16H2,1-4H3,(H,21,24);1H. The molecule has 2 atom stereocenters. The second-order valence-electron chi connectivity index (χ2n) is 8.24. The lowest BCUT2D eigenvalue weighted by atomic mass is 9.75. The maximum atomic E-state index is 4.57. The Kier molecular flexibility index (Phi) is 8.73. The van der Waals surface area contributed by atoms with E-state index in [2.05, 4.69) is 56.0 Å². The van der Waals surface area contributed by atoms with Crippen LogP contribution >= 0.6 is 24.0 Å². The molecule has 0 radical (unpaired) electrons. The average molecular weight is 501 g/mol. The van der Waals surface area contributed by atoms with E-state index >= 15 is 0 Å². The summed E-state index contributed by atoms with van der Waals surface area (Å²) in [6, 6.07) is 1.86. The molecule has 3 rings (SSSR count). The van der Waals surface area contributed by atoms with E-state index in [1.165, 1.54) is 25.7 Å². The fourth-order valence-electron chi connectivity index (χ4n) is 4.51. The third kappa shape index (κ3) is 5.46. The fraction of sp³-hybridized carbons (Fsp3) is 0.750. The predicted molar refractivity (Wildman–Crippen MR) is 127 cm³/mol. The van der Waals surface area contributed by atoms with Crippen LogP contribution in [0.25, 0.3) is 0 Å². The molecule has 0 spiro atoms. The van der Waals surface area contributed by atoms with Crippen molar-refractivity contribution in [3.63, 3.8) is 0 Å². The van der Waals surface area contributed by atoms with Crippen LogP contribution in [0.4, 0.5) is 5.95 Å². The first-order chi connectivity index (χ1) is 13.0.